The van der Waals surface area contributed by atoms with E-state index in [0.717, 1.165) is 0 Å². The van der Waals surface area contributed by atoms with Crippen molar-refractivity contribution in [3.8, 4) is 11.4 Å². The second kappa shape index (κ2) is 5.14. The van der Waals surface area contributed by atoms with Crippen molar-refractivity contribution in [1.29, 1.82) is 0 Å². The molecule has 0 spiro atoms. The van der Waals surface area contributed by atoms with Gasteiger partial charge in [0, 0.05) is 11.3 Å². The third-order valence-corrected chi connectivity index (χ3v) is 2.51. The van der Waals surface area contributed by atoms with Gasteiger partial charge in [-0.1, -0.05) is 52.1 Å². The molecule has 0 atom stereocenters. The Balaban J connectivity index is 2.21. The summed E-state index contributed by atoms with van der Waals surface area (Å²) in [6.07, 6.45) is 1.21. The van der Waals surface area contributed by atoms with Gasteiger partial charge in [-0.2, -0.15) is 4.98 Å². The summed E-state index contributed by atoms with van der Waals surface area (Å²) in [7, 11) is 0. The molecule has 2 rings (SSSR count). The number of hydrogen-bond acceptors (Lipinski definition) is 4. The number of alkyl halides is 3. The van der Waals surface area contributed by atoms with Crippen LogP contribution in [0.5, 0.6) is 0 Å². The van der Waals surface area contributed by atoms with Gasteiger partial charge in [-0.15, -0.1) is 0 Å². The van der Waals surface area contributed by atoms with Crippen molar-refractivity contribution in [1.82, 2.24) is 10.1 Å². The Morgan fingerprint density at radius 3 is 2.72 bits per heavy atom. The number of halogens is 3. The summed E-state index contributed by atoms with van der Waals surface area (Å²) in [5, 5.41) is 6.14. The Bertz CT molecular complexity index is 552. The Kier molecular flexibility index (Phi) is 3.75. The first kappa shape index (κ1) is 13.1. The van der Waals surface area contributed by atoms with E-state index in [1.807, 2.05) is 0 Å². The molecule has 18 heavy (non-hydrogen) atoms. The van der Waals surface area contributed by atoms with E-state index in [1.54, 1.807) is 24.3 Å². The van der Waals surface area contributed by atoms with Crippen LogP contribution in [-0.4, -0.2) is 19.8 Å². The number of benzene rings is 1. The van der Waals surface area contributed by atoms with Crippen LogP contribution in [0.25, 0.3) is 11.4 Å². The van der Waals surface area contributed by atoms with Crippen LogP contribution in [0, 0.1) is 0 Å². The number of carbonyl (C=O) groups excluding carboxylic acids is 1. The molecule has 1 aromatic carbocycles. The highest BCUT2D eigenvalue weighted by Crippen LogP contribution is 2.28. The zero-order chi connectivity index (χ0) is 13.2. The predicted molar refractivity (Wildman–Crippen MR) is 68.7 cm³/mol. The third-order valence-electron chi connectivity index (χ3n) is 2.00. The Hall–Kier alpha value is -1.30. The summed E-state index contributed by atoms with van der Waals surface area (Å²) in [5.74, 6) is -0.335. The third kappa shape index (κ3) is 3.13. The fraction of sp³-hybridized carbons (Fsp3) is 0.100. The van der Waals surface area contributed by atoms with Crippen LogP contribution in [0.1, 0.15) is 0 Å². The molecule has 8 heteroatoms. The second-order valence-electron chi connectivity index (χ2n) is 3.29. The summed E-state index contributed by atoms with van der Waals surface area (Å²) in [5.41, 5.74) is 1.14. The van der Waals surface area contributed by atoms with E-state index in [2.05, 4.69) is 20.0 Å². The van der Waals surface area contributed by atoms with Crippen LogP contribution in [0.4, 0.5) is 5.69 Å². The molecule has 1 heterocycles. The minimum absolute atomic E-state index is 0.403. The molecule has 5 nitrogen and oxygen atoms in total. The van der Waals surface area contributed by atoms with E-state index >= 15 is 0 Å². The number of rotatable bonds is 2. The molecule has 1 aromatic heterocycles. The molecule has 1 amide bonds. The fourth-order valence-electron chi connectivity index (χ4n) is 1.24. The first-order valence-corrected chi connectivity index (χ1v) is 5.85. The van der Waals surface area contributed by atoms with Crippen LogP contribution >= 0.6 is 34.8 Å². The maximum absolute atomic E-state index is 11.5. The molecule has 0 aliphatic carbocycles. The maximum atomic E-state index is 11.5. The lowest BCUT2D eigenvalue weighted by Gasteiger charge is -2.11. The second-order valence-corrected chi connectivity index (χ2v) is 5.57. The molecule has 0 aliphatic rings. The maximum Gasteiger partial charge on any atom is 0.276 e. The van der Waals surface area contributed by atoms with Crippen LogP contribution in [0.3, 0.4) is 0 Å². The van der Waals surface area contributed by atoms with E-state index in [0.29, 0.717) is 17.1 Å². The Labute approximate surface area is 117 Å². The summed E-state index contributed by atoms with van der Waals surface area (Å²) >= 11 is 16.4. The normalized spacial score (nSPS) is 11.3. The molecule has 0 saturated carbocycles. The lowest BCUT2D eigenvalue weighted by Crippen LogP contribution is -2.26. The first-order valence-electron chi connectivity index (χ1n) is 4.72. The molecule has 94 valence electrons. The van der Waals surface area contributed by atoms with Gasteiger partial charge in [0.05, 0.1) is 0 Å². The van der Waals surface area contributed by atoms with Crippen molar-refractivity contribution in [3.63, 3.8) is 0 Å². The van der Waals surface area contributed by atoms with Gasteiger partial charge in [0.1, 0.15) is 0 Å². The monoisotopic (exact) mass is 305 g/mol. The Morgan fingerprint density at radius 2 is 2.11 bits per heavy atom. The predicted octanol–water partition coefficient (Wildman–Crippen LogP) is 3.05. The molecule has 0 bridgehead atoms. The highest BCUT2D eigenvalue weighted by molar-refractivity contribution is 6.76. The van der Waals surface area contributed by atoms with Gasteiger partial charge in [0.25, 0.3) is 9.70 Å². The fourth-order valence-corrected chi connectivity index (χ4v) is 1.38. The first-order chi connectivity index (χ1) is 8.47. The van der Waals surface area contributed by atoms with Gasteiger partial charge in [0.2, 0.25) is 12.2 Å². The lowest BCUT2D eigenvalue weighted by atomic mass is 10.2. The van der Waals surface area contributed by atoms with E-state index in [-0.39, 0.29) is 0 Å². The lowest BCUT2D eigenvalue weighted by molar-refractivity contribution is -0.115. The molecular formula is C10H6Cl3N3O2. The topological polar surface area (TPSA) is 68.0 Å². The van der Waals surface area contributed by atoms with Crippen LogP contribution in [0.15, 0.2) is 35.2 Å². The van der Waals surface area contributed by atoms with Crippen molar-refractivity contribution < 1.29 is 9.32 Å². The number of nitrogens with zero attached hydrogens (tertiary/aromatic N) is 2. The largest absolute Gasteiger partial charge is 0.342 e. The van der Waals surface area contributed by atoms with Crippen molar-refractivity contribution in [2.45, 2.75) is 3.79 Å². The molecule has 0 aliphatic heterocycles. The number of amides is 1. The van der Waals surface area contributed by atoms with E-state index in [1.165, 1.54) is 6.39 Å². The van der Waals surface area contributed by atoms with Crippen LogP contribution < -0.4 is 5.32 Å². The Morgan fingerprint density at radius 1 is 1.33 bits per heavy atom. The van der Waals surface area contributed by atoms with Crippen molar-refractivity contribution in [3.05, 3.63) is 30.7 Å². The highest BCUT2D eigenvalue weighted by atomic mass is 35.6. The minimum Gasteiger partial charge on any atom is -0.342 e. The van der Waals surface area contributed by atoms with Gasteiger partial charge in [-0.25, -0.2) is 0 Å². The molecule has 0 fully saturated rings. The van der Waals surface area contributed by atoms with Crippen LogP contribution in [0.2, 0.25) is 0 Å². The molecular weight excluding hydrogens is 300 g/mol. The summed E-state index contributed by atoms with van der Waals surface area (Å²) < 4.78 is 2.62. The zero-order valence-corrected chi connectivity index (χ0v) is 11.0. The highest BCUT2D eigenvalue weighted by Gasteiger charge is 2.30. The number of carbonyl (C=O) groups is 1. The molecule has 2 aromatic rings. The number of nitrogens with one attached hydrogen (secondary N) is 1. The summed E-state index contributed by atoms with van der Waals surface area (Å²) in [6, 6.07) is 6.76. The standard InChI is InChI=1S/C10H6Cl3N3O2/c11-10(12,13)9(17)15-7-3-1-2-6(4-7)8-14-5-18-16-8/h1-5H,(H,15,17). The van der Waals surface area contributed by atoms with Crippen LogP contribution in [-0.2, 0) is 4.79 Å². The SMILES string of the molecule is O=C(Nc1cccc(-c2ncon2)c1)C(Cl)(Cl)Cl. The summed E-state index contributed by atoms with van der Waals surface area (Å²) in [4.78, 5) is 15.4. The van der Waals surface area contributed by atoms with Gasteiger partial charge in [0.15, 0.2) is 0 Å². The van der Waals surface area contributed by atoms with Crippen molar-refractivity contribution in [2.75, 3.05) is 5.32 Å². The number of aromatic nitrogens is 2. The zero-order valence-electron chi connectivity index (χ0n) is 8.73. The van der Waals surface area contributed by atoms with E-state index in [4.69, 9.17) is 34.8 Å². The molecule has 0 radical (unpaired) electrons. The summed E-state index contributed by atoms with van der Waals surface area (Å²) in [6.45, 7) is 0. The van der Waals surface area contributed by atoms with Gasteiger partial charge in [-0.05, 0) is 12.1 Å². The average molecular weight is 307 g/mol. The van der Waals surface area contributed by atoms with Gasteiger partial charge >= 0.3 is 0 Å². The van der Waals surface area contributed by atoms with Crippen molar-refractivity contribution in [2.24, 2.45) is 0 Å². The van der Waals surface area contributed by atoms with Gasteiger partial charge in [-0.3, -0.25) is 4.79 Å². The smallest absolute Gasteiger partial charge is 0.276 e. The average Bonchev–Trinajstić information content (AvgIpc) is 2.81. The quantitative estimate of drug-likeness (QED) is 0.866. The van der Waals surface area contributed by atoms with Crippen molar-refractivity contribution >= 4 is 46.4 Å². The van der Waals surface area contributed by atoms with E-state index in [9.17, 15) is 4.79 Å². The van der Waals surface area contributed by atoms with Gasteiger partial charge < -0.3 is 9.84 Å². The van der Waals surface area contributed by atoms with E-state index < -0.39 is 9.70 Å². The number of anilines is 1. The molecule has 0 unspecified atom stereocenters. The molecule has 0 saturated heterocycles. The number of hydrogen-bond donors (Lipinski definition) is 1. The minimum atomic E-state index is -2.01. The molecule has 1 N–H and O–H groups in total.